The van der Waals surface area contributed by atoms with Crippen LogP contribution in [-0.2, 0) is 14.3 Å². The van der Waals surface area contributed by atoms with Gasteiger partial charge in [0.2, 0.25) is 0 Å². The summed E-state index contributed by atoms with van der Waals surface area (Å²) in [4.78, 5) is 61.4. The maximum Gasteiger partial charge on any atom is 0.308 e. The van der Waals surface area contributed by atoms with E-state index in [9.17, 15) is 24.0 Å². The van der Waals surface area contributed by atoms with E-state index in [-0.39, 0.29) is 24.1 Å². The van der Waals surface area contributed by atoms with Gasteiger partial charge in [0.15, 0.2) is 6.10 Å². The SMILES string of the molecule is C[C@H](OC(=O)CCN1C(=O)c2ccccc2C1=O)C(=O)NNC(=O)c1ccccc1. The van der Waals surface area contributed by atoms with Crippen LogP contribution in [0, 0.1) is 0 Å². The summed E-state index contributed by atoms with van der Waals surface area (Å²) >= 11 is 0. The molecule has 0 saturated heterocycles. The average molecular weight is 409 g/mol. The van der Waals surface area contributed by atoms with Gasteiger partial charge >= 0.3 is 5.97 Å². The van der Waals surface area contributed by atoms with E-state index in [1.165, 1.54) is 6.92 Å². The van der Waals surface area contributed by atoms with Gasteiger partial charge in [-0.05, 0) is 31.2 Å². The highest BCUT2D eigenvalue weighted by atomic mass is 16.5. The molecule has 3 rings (SSSR count). The molecule has 0 bridgehead atoms. The number of amides is 4. The molecule has 0 aromatic heterocycles. The number of carbonyl (C=O) groups is 5. The van der Waals surface area contributed by atoms with Gasteiger partial charge in [0.25, 0.3) is 23.6 Å². The van der Waals surface area contributed by atoms with E-state index in [1.54, 1.807) is 54.6 Å². The molecular weight excluding hydrogens is 390 g/mol. The number of esters is 1. The fraction of sp³-hybridized carbons (Fsp3) is 0.190. The van der Waals surface area contributed by atoms with E-state index in [4.69, 9.17) is 4.74 Å². The molecule has 154 valence electrons. The number of fused-ring (bicyclic) bond motifs is 1. The molecule has 9 nitrogen and oxygen atoms in total. The van der Waals surface area contributed by atoms with E-state index >= 15 is 0 Å². The first-order valence-corrected chi connectivity index (χ1v) is 9.18. The molecule has 0 fully saturated rings. The standard InChI is InChI=1S/C21H19N3O6/c1-13(18(26)22-23-19(27)14-7-3-2-4-8-14)30-17(25)11-12-24-20(28)15-9-5-6-10-16(15)21(24)29/h2-10,13H,11-12H2,1H3,(H,22,26)(H,23,27)/t13-/m0/s1. The first kappa shape index (κ1) is 20.7. The van der Waals surface area contributed by atoms with E-state index in [1.807, 2.05) is 0 Å². The Morgan fingerprint density at radius 1 is 0.900 bits per heavy atom. The summed E-state index contributed by atoms with van der Waals surface area (Å²) in [5, 5.41) is 0. The number of hydrogen-bond acceptors (Lipinski definition) is 6. The van der Waals surface area contributed by atoms with Crippen LogP contribution in [0.2, 0.25) is 0 Å². The molecule has 0 saturated carbocycles. The third-order valence-electron chi connectivity index (χ3n) is 4.43. The number of ether oxygens (including phenoxy) is 1. The normalized spacial score (nSPS) is 13.4. The van der Waals surface area contributed by atoms with Crippen molar-refractivity contribution in [3.05, 3.63) is 71.3 Å². The van der Waals surface area contributed by atoms with Gasteiger partial charge < -0.3 is 4.74 Å². The molecule has 9 heteroatoms. The zero-order valence-electron chi connectivity index (χ0n) is 16.1. The maximum absolute atomic E-state index is 12.3. The highest BCUT2D eigenvalue weighted by molar-refractivity contribution is 6.21. The monoisotopic (exact) mass is 409 g/mol. The number of benzene rings is 2. The first-order valence-electron chi connectivity index (χ1n) is 9.18. The van der Waals surface area contributed by atoms with Crippen LogP contribution in [0.5, 0.6) is 0 Å². The molecule has 1 heterocycles. The summed E-state index contributed by atoms with van der Waals surface area (Å²) in [6.45, 7) is 1.17. The Bertz CT molecular complexity index is 970. The minimum absolute atomic E-state index is 0.162. The quantitative estimate of drug-likeness (QED) is 0.418. The van der Waals surface area contributed by atoms with Crippen molar-refractivity contribution in [3.63, 3.8) is 0 Å². The molecule has 1 aliphatic heterocycles. The molecule has 2 N–H and O–H groups in total. The first-order chi connectivity index (χ1) is 14.4. The molecule has 0 radical (unpaired) electrons. The molecule has 2 aromatic carbocycles. The second-order valence-corrected chi connectivity index (χ2v) is 6.50. The lowest BCUT2D eigenvalue weighted by Gasteiger charge is -2.16. The van der Waals surface area contributed by atoms with Crippen molar-refractivity contribution >= 4 is 29.6 Å². The second-order valence-electron chi connectivity index (χ2n) is 6.50. The van der Waals surface area contributed by atoms with Crippen LogP contribution in [-0.4, -0.2) is 47.1 Å². The van der Waals surface area contributed by atoms with E-state index in [2.05, 4.69) is 10.9 Å². The minimum atomic E-state index is -1.18. The zero-order valence-corrected chi connectivity index (χ0v) is 16.1. The van der Waals surface area contributed by atoms with E-state index in [0.717, 1.165) is 4.90 Å². The number of nitrogens with one attached hydrogen (secondary N) is 2. The third kappa shape index (κ3) is 4.52. The van der Waals surface area contributed by atoms with Gasteiger partial charge in [-0.3, -0.25) is 39.7 Å². The van der Waals surface area contributed by atoms with Crippen molar-refractivity contribution in [2.45, 2.75) is 19.4 Å². The van der Waals surface area contributed by atoms with E-state index < -0.39 is 35.7 Å². The van der Waals surface area contributed by atoms with Crippen LogP contribution in [0.1, 0.15) is 44.4 Å². The van der Waals surface area contributed by atoms with Crippen molar-refractivity contribution < 1.29 is 28.7 Å². The molecule has 0 aliphatic carbocycles. The van der Waals surface area contributed by atoms with Crippen molar-refractivity contribution in [1.82, 2.24) is 15.8 Å². The fourth-order valence-corrected chi connectivity index (χ4v) is 2.84. The molecule has 1 aliphatic rings. The Hall–Kier alpha value is -4.01. The smallest absolute Gasteiger partial charge is 0.308 e. The van der Waals surface area contributed by atoms with Crippen LogP contribution >= 0.6 is 0 Å². The second kappa shape index (κ2) is 8.99. The predicted octanol–water partition coefficient (Wildman–Crippen LogP) is 1.07. The molecule has 1 atom stereocenters. The maximum atomic E-state index is 12.3. The van der Waals surface area contributed by atoms with Crippen molar-refractivity contribution in [3.8, 4) is 0 Å². The molecule has 30 heavy (non-hydrogen) atoms. The zero-order chi connectivity index (χ0) is 21.7. The van der Waals surface area contributed by atoms with Crippen molar-refractivity contribution in [2.24, 2.45) is 0 Å². The Balaban J connectivity index is 1.44. The van der Waals surface area contributed by atoms with Crippen LogP contribution < -0.4 is 10.9 Å². The highest BCUT2D eigenvalue weighted by Gasteiger charge is 2.35. The van der Waals surface area contributed by atoms with Gasteiger partial charge in [0.1, 0.15) is 0 Å². The van der Waals surface area contributed by atoms with Crippen LogP contribution in [0.15, 0.2) is 54.6 Å². The van der Waals surface area contributed by atoms with Crippen LogP contribution in [0.4, 0.5) is 0 Å². The third-order valence-corrected chi connectivity index (χ3v) is 4.43. The van der Waals surface area contributed by atoms with Gasteiger partial charge in [0, 0.05) is 12.1 Å². The van der Waals surface area contributed by atoms with Gasteiger partial charge in [0.05, 0.1) is 17.5 Å². The van der Waals surface area contributed by atoms with Crippen LogP contribution in [0.25, 0.3) is 0 Å². The number of hydrogen-bond donors (Lipinski definition) is 2. The molecule has 0 unspecified atom stereocenters. The van der Waals surface area contributed by atoms with Crippen molar-refractivity contribution in [2.75, 3.05) is 6.54 Å². The Morgan fingerprint density at radius 3 is 2.07 bits per heavy atom. The Labute approximate surface area is 172 Å². The predicted molar refractivity (Wildman–Crippen MR) is 104 cm³/mol. The van der Waals surface area contributed by atoms with Gasteiger partial charge in [-0.2, -0.15) is 0 Å². The highest BCUT2D eigenvalue weighted by Crippen LogP contribution is 2.22. The summed E-state index contributed by atoms with van der Waals surface area (Å²) in [7, 11) is 0. The molecule has 4 amide bonds. The Kier molecular flexibility index (Phi) is 6.21. The largest absolute Gasteiger partial charge is 0.452 e. The number of carbonyl (C=O) groups excluding carboxylic acids is 5. The molecule has 2 aromatic rings. The van der Waals surface area contributed by atoms with Crippen molar-refractivity contribution in [1.29, 1.82) is 0 Å². The summed E-state index contributed by atoms with van der Waals surface area (Å²) in [6, 6.07) is 14.6. The van der Waals surface area contributed by atoms with Gasteiger partial charge in [-0.15, -0.1) is 0 Å². The van der Waals surface area contributed by atoms with E-state index in [0.29, 0.717) is 5.56 Å². The summed E-state index contributed by atoms with van der Waals surface area (Å²) in [6.07, 6.45) is -1.45. The summed E-state index contributed by atoms with van der Waals surface area (Å²) in [5.74, 6) is -2.96. The lowest BCUT2D eigenvalue weighted by atomic mass is 10.1. The summed E-state index contributed by atoms with van der Waals surface area (Å²) < 4.78 is 5.01. The topological polar surface area (TPSA) is 122 Å². The van der Waals surface area contributed by atoms with Crippen LogP contribution in [0.3, 0.4) is 0 Å². The summed E-state index contributed by atoms with van der Waals surface area (Å²) in [5.41, 5.74) is 5.33. The number of imide groups is 1. The fourth-order valence-electron chi connectivity index (χ4n) is 2.84. The van der Waals surface area contributed by atoms with Gasteiger partial charge in [-0.25, -0.2) is 0 Å². The molecule has 0 spiro atoms. The van der Waals surface area contributed by atoms with Gasteiger partial charge in [-0.1, -0.05) is 30.3 Å². The number of nitrogens with zero attached hydrogens (tertiary/aromatic N) is 1. The average Bonchev–Trinajstić information content (AvgIpc) is 3.01. The number of hydrazine groups is 1. The number of rotatable bonds is 6. The Morgan fingerprint density at radius 2 is 1.47 bits per heavy atom. The lowest BCUT2D eigenvalue weighted by Crippen LogP contribution is -2.46. The minimum Gasteiger partial charge on any atom is -0.452 e. The molecular formula is C21H19N3O6. The lowest BCUT2D eigenvalue weighted by molar-refractivity contribution is -0.155.